The Labute approximate surface area is 99.3 Å². The van der Waals surface area contributed by atoms with Gasteiger partial charge in [0.05, 0.1) is 6.10 Å². The van der Waals surface area contributed by atoms with E-state index in [0.717, 1.165) is 12.5 Å². The number of methoxy groups -OCH3 is 1. The maximum Gasteiger partial charge on any atom is 0.0595 e. The minimum absolute atomic E-state index is 0.318. The van der Waals surface area contributed by atoms with Crippen LogP contribution in [0.25, 0.3) is 0 Å². The highest BCUT2D eigenvalue weighted by Crippen LogP contribution is 2.39. The summed E-state index contributed by atoms with van der Waals surface area (Å²) in [6.45, 7) is 5.53. The zero-order valence-electron chi connectivity index (χ0n) is 10.7. The van der Waals surface area contributed by atoms with Crippen molar-refractivity contribution in [3.63, 3.8) is 0 Å². The second-order valence-corrected chi connectivity index (χ2v) is 5.70. The Hall–Kier alpha value is -0.120. The molecule has 2 aliphatic rings. The lowest BCUT2D eigenvalue weighted by atomic mass is 9.91. The highest BCUT2D eigenvalue weighted by Gasteiger charge is 2.42. The van der Waals surface area contributed by atoms with Crippen molar-refractivity contribution in [1.29, 1.82) is 0 Å². The van der Waals surface area contributed by atoms with E-state index in [2.05, 4.69) is 11.8 Å². The molecule has 1 saturated heterocycles. The third kappa shape index (κ3) is 2.27. The summed E-state index contributed by atoms with van der Waals surface area (Å²) in [5.74, 6) is 0.851. The summed E-state index contributed by atoms with van der Waals surface area (Å²) in [5, 5.41) is 0. The van der Waals surface area contributed by atoms with Crippen molar-refractivity contribution in [3.05, 3.63) is 0 Å². The molecule has 2 N–H and O–H groups in total. The molecule has 2 rings (SSSR count). The molecule has 1 saturated carbocycles. The van der Waals surface area contributed by atoms with Crippen LogP contribution in [-0.4, -0.2) is 43.3 Å². The first-order chi connectivity index (χ1) is 7.70. The normalized spacial score (nSPS) is 38.1. The lowest BCUT2D eigenvalue weighted by Crippen LogP contribution is -2.55. The van der Waals surface area contributed by atoms with E-state index in [-0.39, 0.29) is 0 Å². The number of piperidine rings is 1. The average Bonchev–Trinajstić information content (AvgIpc) is 2.72. The smallest absolute Gasteiger partial charge is 0.0595 e. The van der Waals surface area contributed by atoms with Crippen molar-refractivity contribution in [2.45, 2.75) is 50.7 Å². The molecule has 0 aromatic heterocycles. The summed E-state index contributed by atoms with van der Waals surface area (Å²) in [4.78, 5) is 2.64. The van der Waals surface area contributed by atoms with Gasteiger partial charge < -0.3 is 10.5 Å². The first-order valence-electron chi connectivity index (χ1n) is 6.68. The lowest BCUT2D eigenvalue weighted by Gasteiger charge is -2.44. The maximum absolute atomic E-state index is 6.06. The summed E-state index contributed by atoms with van der Waals surface area (Å²) >= 11 is 0. The van der Waals surface area contributed by atoms with E-state index in [9.17, 15) is 0 Å². The van der Waals surface area contributed by atoms with Gasteiger partial charge in [0, 0.05) is 32.3 Å². The van der Waals surface area contributed by atoms with Crippen molar-refractivity contribution in [2.24, 2.45) is 11.7 Å². The van der Waals surface area contributed by atoms with Crippen LogP contribution < -0.4 is 5.73 Å². The summed E-state index contributed by atoms with van der Waals surface area (Å²) in [5.41, 5.74) is 6.37. The van der Waals surface area contributed by atoms with Crippen LogP contribution in [-0.2, 0) is 4.74 Å². The first-order valence-corrected chi connectivity index (χ1v) is 6.68. The second-order valence-electron chi connectivity index (χ2n) is 5.70. The van der Waals surface area contributed by atoms with Crippen molar-refractivity contribution in [3.8, 4) is 0 Å². The summed E-state index contributed by atoms with van der Waals surface area (Å²) < 4.78 is 5.43. The molecule has 1 heterocycles. The number of likely N-dealkylation sites (tertiary alicyclic amines) is 1. The van der Waals surface area contributed by atoms with Gasteiger partial charge in [-0.2, -0.15) is 0 Å². The number of nitrogens with zero attached hydrogens (tertiary/aromatic N) is 1. The van der Waals surface area contributed by atoms with Crippen LogP contribution in [0.1, 0.15) is 39.0 Å². The van der Waals surface area contributed by atoms with E-state index in [1.807, 2.05) is 7.11 Å². The van der Waals surface area contributed by atoms with Gasteiger partial charge in [0.25, 0.3) is 0 Å². The number of hydrogen-bond acceptors (Lipinski definition) is 3. The van der Waals surface area contributed by atoms with Gasteiger partial charge in [0.1, 0.15) is 0 Å². The van der Waals surface area contributed by atoms with Crippen LogP contribution in [0.5, 0.6) is 0 Å². The van der Waals surface area contributed by atoms with E-state index in [4.69, 9.17) is 10.5 Å². The first kappa shape index (κ1) is 12.3. The molecule has 0 radical (unpaired) electrons. The Morgan fingerprint density at radius 1 is 1.31 bits per heavy atom. The quantitative estimate of drug-likeness (QED) is 0.794. The molecule has 94 valence electrons. The van der Waals surface area contributed by atoms with Crippen molar-refractivity contribution in [1.82, 2.24) is 4.90 Å². The fraction of sp³-hybridized carbons (Fsp3) is 1.00. The Kier molecular flexibility index (Phi) is 3.88. The molecule has 0 aromatic rings. The predicted octanol–water partition coefficient (Wildman–Crippen LogP) is 1.61. The van der Waals surface area contributed by atoms with Crippen molar-refractivity contribution >= 4 is 0 Å². The van der Waals surface area contributed by atoms with Crippen LogP contribution in [0.4, 0.5) is 0 Å². The van der Waals surface area contributed by atoms with Crippen LogP contribution >= 0.6 is 0 Å². The van der Waals surface area contributed by atoms with Crippen LogP contribution in [0, 0.1) is 5.92 Å². The molecule has 16 heavy (non-hydrogen) atoms. The lowest BCUT2D eigenvalue weighted by molar-refractivity contribution is -0.00126. The largest absolute Gasteiger partial charge is 0.381 e. The zero-order valence-corrected chi connectivity index (χ0v) is 10.7. The highest BCUT2D eigenvalue weighted by atomic mass is 16.5. The molecular formula is C13H26N2O. The fourth-order valence-corrected chi connectivity index (χ4v) is 3.54. The van der Waals surface area contributed by atoms with E-state index < -0.39 is 0 Å². The van der Waals surface area contributed by atoms with Crippen LogP contribution in [0.15, 0.2) is 0 Å². The molecule has 1 aliphatic heterocycles. The van der Waals surface area contributed by atoms with Crippen LogP contribution in [0.2, 0.25) is 0 Å². The summed E-state index contributed by atoms with van der Waals surface area (Å²) in [7, 11) is 1.83. The van der Waals surface area contributed by atoms with Gasteiger partial charge in [-0.1, -0.05) is 6.92 Å². The van der Waals surface area contributed by atoms with Crippen LogP contribution in [0.3, 0.4) is 0 Å². The van der Waals surface area contributed by atoms with E-state index in [0.29, 0.717) is 11.6 Å². The standard InChI is InChI=1S/C13H26N2O/c1-11-3-6-13(9-11,10-14)15-7-4-12(16-2)5-8-15/h11-12H,3-10,14H2,1-2H3. The van der Waals surface area contributed by atoms with Gasteiger partial charge in [-0.3, -0.25) is 4.90 Å². The monoisotopic (exact) mass is 226 g/mol. The van der Waals surface area contributed by atoms with Gasteiger partial charge in [0.15, 0.2) is 0 Å². The number of ether oxygens (including phenoxy) is 1. The topological polar surface area (TPSA) is 38.5 Å². The highest BCUT2D eigenvalue weighted by molar-refractivity contribution is 4.99. The maximum atomic E-state index is 6.06. The summed E-state index contributed by atoms with van der Waals surface area (Å²) in [6.07, 6.45) is 6.76. The Morgan fingerprint density at radius 3 is 2.44 bits per heavy atom. The number of hydrogen-bond donors (Lipinski definition) is 1. The molecular weight excluding hydrogens is 200 g/mol. The molecule has 3 heteroatoms. The molecule has 2 unspecified atom stereocenters. The molecule has 3 nitrogen and oxygen atoms in total. The van der Waals surface area contributed by atoms with Gasteiger partial charge in [-0.25, -0.2) is 0 Å². The Bertz CT molecular complexity index is 226. The molecule has 0 amide bonds. The summed E-state index contributed by atoms with van der Waals surface area (Å²) in [6, 6.07) is 0. The third-order valence-corrected chi connectivity index (χ3v) is 4.66. The minimum atomic E-state index is 0.318. The number of nitrogens with two attached hydrogens (primary N) is 1. The molecule has 0 bridgehead atoms. The van der Waals surface area contributed by atoms with E-state index in [1.165, 1.54) is 45.2 Å². The molecule has 1 aliphatic carbocycles. The third-order valence-electron chi connectivity index (χ3n) is 4.66. The molecule has 2 fully saturated rings. The second kappa shape index (κ2) is 5.03. The Balaban J connectivity index is 1.96. The van der Waals surface area contributed by atoms with Gasteiger partial charge in [0.2, 0.25) is 0 Å². The van der Waals surface area contributed by atoms with Gasteiger partial charge in [-0.15, -0.1) is 0 Å². The SMILES string of the molecule is COC1CCN(C2(CN)CCC(C)C2)CC1. The van der Waals surface area contributed by atoms with Gasteiger partial charge >= 0.3 is 0 Å². The number of rotatable bonds is 3. The average molecular weight is 226 g/mol. The molecule has 2 atom stereocenters. The van der Waals surface area contributed by atoms with Crippen molar-refractivity contribution in [2.75, 3.05) is 26.7 Å². The Morgan fingerprint density at radius 2 is 2.00 bits per heavy atom. The minimum Gasteiger partial charge on any atom is -0.381 e. The molecule has 0 aromatic carbocycles. The van der Waals surface area contributed by atoms with Crippen molar-refractivity contribution < 1.29 is 4.74 Å². The van der Waals surface area contributed by atoms with E-state index in [1.54, 1.807) is 0 Å². The molecule has 0 spiro atoms. The fourth-order valence-electron chi connectivity index (χ4n) is 3.54. The predicted molar refractivity (Wildman–Crippen MR) is 66.4 cm³/mol. The van der Waals surface area contributed by atoms with E-state index >= 15 is 0 Å². The van der Waals surface area contributed by atoms with Gasteiger partial charge in [-0.05, 0) is 38.0 Å². The zero-order chi connectivity index (χ0) is 11.6.